The van der Waals surface area contributed by atoms with Crippen LogP contribution >= 0.6 is 75.4 Å². The fourth-order valence-electron chi connectivity index (χ4n) is 1.54. The number of aliphatic hydroxyl groups is 1. The minimum atomic E-state index is -3.32. The molecule has 0 aromatic heterocycles. The first kappa shape index (κ1) is 19.2. The fraction of sp³-hybridized carbons (Fsp3) is 0.400. The Bertz CT molecular complexity index is 533. The summed E-state index contributed by atoms with van der Waals surface area (Å²) in [5.41, 5.74) is 13.5. The Kier molecular flexibility index (Phi) is 7.28. The zero-order chi connectivity index (χ0) is 15.7. The molecule has 0 spiro atoms. The lowest BCUT2D eigenvalue weighted by Crippen LogP contribution is -2.14. The third-order valence-electron chi connectivity index (χ3n) is 2.70. The second-order valence-corrected chi connectivity index (χ2v) is 9.41. The number of hydrogen-bond donors (Lipinski definition) is 3. The Morgan fingerprint density at radius 1 is 1.10 bits per heavy atom. The highest BCUT2D eigenvalue weighted by atomic mass is 127. The van der Waals surface area contributed by atoms with Gasteiger partial charge in [0, 0.05) is 26.9 Å². The van der Waals surface area contributed by atoms with Gasteiger partial charge in [-0.1, -0.05) is 0 Å². The van der Waals surface area contributed by atoms with Crippen LogP contribution in [0.25, 0.3) is 0 Å². The van der Waals surface area contributed by atoms with Crippen molar-refractivity contribution in [3.8, 4) is 0 Å². The highest BCUT2D eigenvalue weighted by molar-refractivity contribution is 14.1. The number of nitrogens with two attached hydrogens (primary N) is 2. The molecule has 0 amide bonds. The summed E-state index contributed by atoms with van der Waals surface area (Å²) in [7, 11) is -0.762. The first-order valence-corrected chi connectivity index (χ1v) is 10.2. The van der Waals surface area contributed by atoms with Crippen molar-refractivity contribution in [1.29, 1.82) is 0 Å². The lowest BCUT2D eigenvalue weighted by atomic mass is 10.1. The van der Waals surface area contributed by atoms with Crippen molar-refractivity contribution >= 4 is 86.7 Å². The van der Waals surface area contributed by atoms with Gasteiger partial charge in [0.2, 0.25) is 0 Å². The van der Waals surface area contributed by atoms with E-state index in [1.807, 2.05) is 45.2 Å². The summed E-state index contributed by atoms with van der Waals surface area (Å²) in [6.45, 7) is 0. The molecule has 1 unspecified atom stereocenters. The summed E-state index contributed by atoms with van der Waals surface area (Å²) in [6.07, 6.45) is -1.20. The van der Waals surface area contributed by atoms with E-state index in [1.165, 1.54) is 14.2 Å². The molecule has 1 aromatic rings. The molecule has 0 saturated heterocycles. The molecule has 0 aliphatic heterocycles. The molecule has 0 aliphatic rings. The van der Waals surface area contributed by atoms with Gasteiger partial charge in [-0.15, -0.1) is 0 Å². The fourth-order valence-corrected chi connectivity index (χ4v) is 6.48. The van der Waals surface area contributed by atoms with Gasteiger partial charge in [0.25, 0.3) is 0 Å². The van der Waals surface area contributed by atoms with Crippen LogP contribution in [0.3, 0.4) is 0 Å². The maximum Gasteiger partial charge on any atom is 0.333 e. The van der Waals surface area contributed by atoms with Gasteiger partial charge in [0.1, 0.15) is 0 Å². The van der Waals surface area contributed by atoms with Gasteiger partial charge < -0.3 is 25.6 Å². The molecule has 1 rings (SSSR count). The topological polar surface area (TPSA) is 108 Å². The number of hydrogen-bond acceptors (Lipinski definition) is 6. The van der Waals surface area contributed by atoms with Gasteiger partial charge >= 0.3 is 7.60 Å². The quantitative estimate of drug-likeness (QED) is 0.260. The first-order chi connectivity index (χ1) is 9.18. The van der Waals surface area contributed by atoms with Crippen LogP contribution in [0.2, 0.25) is 0 Å². The SMILES string of the molecule is COP(=O)(CC(O)c1c(I)c(N)c(I)c(N)c1I)OC. The second kappa shape index (κ2) is 7.59. The summed E-state index contributed by atoms with van der Waals surface area (Å²) in [6, 6.07) is 0. The maximum atomic E-state index is 12.1. The number of halogens is 3. The molecule has 5 N–H and O–H groups in total. The summed E-state index contributed by atoms with van der Waals surface area (Å²) < 4.78 is 23.9. The summed E-state index contributed by atoms with van der Waals surface area (Å²) in [4.78, 5) is 0. The van der Waals surface area contributed by atoms with E-state index in [0.717, 1.165) is 3.57 Å². The molecule has 20 heavy (non-hydrogen) atoms. The number of nitrogen functional groups attached to an aromatic ring is 2. The van der Waals surface area contributed by atoms with Crippen molar-refractivity contribution < 1.29 is 18.7 Å². The molecule has 1 aromatic carbocycles. The molecule has 0 bridgehead atoms. The van der Waals surface area contributed by atoms with Crippen LogP contribution in [0.1, 0.15) is 11.7 Å². The van der Waals surface area contributed by atoms with Crippen molar-refractivity contribution in [3.63, 3.8) is 0 Å². The summed E-state index contributed by atoms with van der Waals surface area (Å²) in [5.74, 6) is 0. The van der Waals surface area contributed by atoms with Crippen LogP contribution in [0.4, 0.5) is 11.4 Å². The number of benzene rings is 1. The molecular weight excluding hydrogens is 624 g/mol. The van der Waals surface area contributed by atoms with E-state index in [-0.39, 0.29) is 6.16 Å². The third-order valence-corrected chi connectivity index (χ3v) is 8.10. The van der Waals surface area contributed by atoms with Crippen molar-refractivity contribution in [3.05, 3.63) is 16.3 Å². The molecule has 0 saturated carbocycles. The van der Waals surface area contributed by atoms with Crippen LogP contribution in [0.5, 0.6) is 0 Å². The normalized spacial score (nSPS) is 13.5. The summed E-state index contributed by atoms with van der Waals surface area (Å²) >= 11 is 6.14. The zero-order valence-electron chi connectivity index (χ0n) is 10.7. The molecule has 0 radical (unpaired) electrons. The number of aliphatic hydroxyl groups excluding tert-OH is 1. The molecular formula is C10H14I3N2O4P. The number of anilines is 2. The first-order valence-electron chi connectivity index (χ1n) is 5.28. The molecule has 0 aliphatic carbocycles. The van der Waals surface area contributed by atoms with E-state index < -0.39 is 13.7 Å². The van der Waals surface area contributed by atoms with E-state index in [2.05, 4.69) is 22.6 Å². The monoisotopic (exact) mass is 638 g/mol. The van der Waals surface area contributed by atoms with E-state index >= 15 is 0 Å². The Morgan fingerprint density at radius 2 is 1.50 bits per heavy atom. The van der Waals surface area contributed by atoms with Crippen LogP contribution < -0.4 is 11.5 Å². The summed E-state index contributed by atoms with van der Waals surface area (Å²) in [5, 5.41) is 10.4. The Morgan fingerprint density at radius 3 is 1.85 bits per heavy atom. The average molecular weight is 638 g/mol. The smallest absolute Gasteiger partial charge is 0.333 e. The van der Waals surface area contributed by atoms with Crippen molar-refractivity contribution in [2.24, 2.45) is 0 Å². The molecule has 114 valence electrons. The Hall–Kier alpha value is 1.12. The van der Waals surface area contributed by atoms with Crippen molar-refractivity contribution in [2.75, 3.05) is 31.8 Å². The van der Waals surface area contributed by atoms with Crippen molar-refractivity contribution in [1.82, 2.24) is 0 Å². The molecule has 10 heteroatoms. The van der Waals surface area contributed by atoms with E-state index in [0.29, 0.717) is 24.1 Å². The predicted molar refractivity (Wildman–Crippen MR) is 105 cm³/mol. The van der Waals surface area contributed by atoms with Crippen LogP contribution in [-0.4, -0.2) is 25.5 Å². The van der Waals surface area contributed by atoms with E-state index in [9.17, 15) is 9.67 Å². The number of rotatable bonds is 5. The van der Waals surface area contributed by atoms with Crippen LogP contribution in [0.15, 0.2) is 0 Å². The van der Waals surface area contributed by atoms with Crippen LogP contribution in [0, 0.1) is 10.7 Å². The van der Waals surface area contributed by atoms with Gasteiger partial charge in [-0.25, -0.2) is 0 Å². The largest absolute Gasteiger partial charge is 0.397 e. The average Bonchev–Trinajstić information content (AvgIpc) is 2.43. The van der Waals surface area contributed by atoms with Crippen LogP contribution in [-0.2, 0) is 13.6 Å². The Balaban J connectivity index is 3.31. The molecule has 0 heterocycles. The van der Waals surface area contributed by atoms with Gasteiger partial charge in [-0.3, -0.25) is 4.57 Å². The van der Waals surface area contributed by atoms with Gasteiger partial charge in [-0.05, 0) is 67.8 Å². The molecule has 1 atom stereocenters. The lowest BCUT2D eigenvalue weighted by molar-refractivity contribution is 0.182. The minimum absolute atomic E-state index is 0.161. The highest BCUT2D eigenvalue weighted by Gasteiger charge is 2.30. The molecule has 0 fully saturated rings. The maximum absolute atomic E-state index is 12.1. The molecule has 6 nitrogen and oxygen atoms in total. The predicted octanol–water partition coefficient (Wildman–Crippen LogP) is 3.18. The Labute approximate surface area is 158 Å². The second-order valence-electron chi connectivity index (χ2n) is 3.86. The lowest BCUT2D eigenvalue weighted by Gasteiger charge is -2.22. The highest BCUT2D eigenvalue weighted by Crippen LogP contribution is 2.50. The van der Waals surface area contributed by atoms with Crippen molar-refractivity contribution in [2.45, 2.75) is 6.10 Å². The zero-order valence-corrected chi connectivity index (χ0v) is 18.1. The van der Waals surface area contributed by atoms with Gasteiger partial charge in [-0.2, -0.15) is 0 Å². The van der Waals surface area contributed by atoms with E-state index in [1.54, 1.807) is 0 Å². The minimum Gasteiger partial charge on any atom is -0.397 e. The van der Waals surface area contributed by atoms with Gasteiger partial charge in [0.05, 0.1) is 27.2 Å². The van der Waals surface area contributed by atoms with Gasteiger partial charge in [0.15, 0.2) is 0 Å². The van der Waals surface area contributed by atoms with E-state index in [4.69, 9.17) is 20.5 Å². The standard InChI is InChI=1S/C10H14I3N2O4P/c1-18-20(17,19-2)3-4(16)5-6(11)9(14)8(13)10(15)7(5)12/h4,16H,3,14-15H2,1-2H3. The third kappa shape index (κ3) is 3.90.